The van der Waals surface area contributed by atoms with Crippen molar-refractivity contribution in [1.82, 2.24) is 0 Å². The lowest BCUT2D eigenvalue weighted by molar-refractivity contribution is 0.0696. The van der Waals surface area contributed by atoms with Gasteiger partial charge < -0.3 is 5.11 Å². The SMILES string of the molecule is CC1=C(/C=C/C(C)=C/c2ccc(C(=O)O)cc2F)C(C)(C)CCC1. The summed E-state index contributed by atoms with van der Waals surface area (Å²) in [6.07, 6.45) is 9.44. The van der Waals surface area contributed by atoms with Gasteiger partial charge in [0.1, 0.15) is 5.82 Å². The summed E-state index contributed by atoms with van der Waals surface area (Å²) in [7, 11) is 0. The predicted molar refractivity (Wildman–Crippen MR) is 96.5 cm³/mol. The molecule has 0 radical (unpaired) electrons. The third-order valence-corrected chi connectivity index (χ3v) is 4.69. The van der Waals surface area contributed by atoms with E-state index in [1.807, 2.05) is 13.0 Å². The van der Waals surface area contributed by atoms with E-state index in [0.717, 1.165) is 18.1 Å². The summed E-state index contributed by atoms with van der Waals surface area (Å²) in [4.78, 5) is 10.9. The molecule has 3 heteroatoms. The summed E-state index contributed by atoms with van der Waals surface area (Å²) < 4.78 is 14.0. The molecule has 128 valence electrons. The molecule has 0 bridgehead atoms. The van der Waals surface area contributed by atoms with Crippen LogP contribution in [0.4, 0.5) is 4.39 Å². The first-order valence-electron chi connectivity index (χ1n) is 8.30. The molecule has 0 saturated heterocycles. The number of benzene rings is 1. The van der Waals surface area contributed by atoms with Gasteiger partial charge in [0.05, 0.1) is 5.56 Å². The normalized spacial score (nSPS) is 18.3. The number of carbonyl (C=O) groups is 1. The Morgan fingerprint density at radius 2 is 2.04 bits per heavy atom. The highest BCUT2D eigenvalue weighted by Crippen LogP contribution is 2.40. The second-order valence-corrected chi connectivity index (χ2v) is 7.19. The quantitative estimate of drug-likeness (QED) is 0.687. The molecule has 1 aliphatic carbocycles. The number of aromatic carboxylic acids is 1. The van der Waals surface area contributed by atoms with E-state index in [0.29, 0.717) is 5.56 Å². The van der Waals surface area contributed by atoms with Crippen molar-refractivity contribution in [3.05, 3.63) is 64.0 Å². The van der Waals surface area contributed by atoms with Crippen LogP contribution in [0.5, 0.6) is 0 Å². The Morgan fingerprint density at radius 1 is 1.33 bits per heavy atom. The summed E-state index contributed by atoms with van der Waals surface area (Å²) >= 11 is 0. The minimum absolute atomic E-state index is 0.0393. The van der Waals surface area contributed by atoms with E-state index in [1.165, 1.54) is 36.1 Å². The largest absolute Gasteiger partial charge is 0.478 e. The van der Waals surface area contributed by atoms with Crippen molar-refractivity contribution >= 4 is 12.0 Å². The van der Waals surface area contributed by atoms with Crippen molar-refractivity contribution in [3.63, 3.8) is 0 Å². The molecule has 0 heterocycles. The third kappa shape index (κ3) is 4.22. The van der Waals surface area contributed by atoms with E-state index in [4.69, 9.17) is 5.11 Å². The maximum absolute atomic E-state index is 14.0. The first kappa shape index (κ1) is 18.2. The standard InChI is InChI=1S/C21H25FO2/c1-14(7-10-18-15(2)6-5-11-21(18,3)4)12-16-8-9-17(20(23)24)13-19(16)22/h7-10,12-13H,5-6,11H2,1-4H3,(H,23,24)/b10-7+,14-12+. The Kier molecular flexibility index (Phi) is 5.43. The maximum atomic E-state index is 14.0. The van der Waals surface area contributed by atoms with Gasteiger partial charge >= 0.3 is 5.97 Å². The molecular formula is C21H25FO2. The van der Waals surface area contributed by atoms with Gasteiger partial charge in [0.15, 0.2) is 0 Å². The van der Waals surface area contributed by atoms with Crippen LogP contribution in [0.15, 0.2) is 47.1 Å². The number of carboxylic acid groups (broad SMARTS) is 1. The van der Waals surface area contributed by atoms with Crippen LogP contribution in [-0.4, -0.2) is 11.1 Å². The van der Waals surface area contributed by atoms with Crippen LogP contribution in [0, 0.1) is 11.2 Å². The minimum Gasteiger partial charge on any atom is -0.478 e. The molecule has 0 aromatic heterocycles. The van der Waals surface area contributed by atoms with Gasteiger partial charge in [0, 0.05) is 5.56 Å². The molecule has 0 spiro atoms. The topological polar surface area (TPSA) is 37.3 Å². The van der Waals surface area contributed by atoms with Gasteiger partial charge in [-0.3, -0.25) is 0 Å². The van der Waals surface area contributed by atoms with E-state index in [-0.39, 0.29) is 11.0 Å². The van der Waals surface area contributed by atoms with Crippen LogP contribution < -0.4 is 0 Å². The van der Waals surface area contributed by atoms with Gasteiger partial charge in [0.2, 0.25) is 0 Å². The Labute approximate surface area is 143 Å². The van der Waals surface area contributed by atoms with Crippen LogP contribution in [-0.2, 0) is 0 Å². The van der Waals surface area contributed by atoms with Gasteiger partial charge in [0.25, 0.3) is 0 Å². The maximum Gasteiger partial charge on any atom is 0.335 e. The Morgan fingerprint density at radius 3 is 2.62 bits per heavy atom. The van der Waals surface area contributed by atoms with E-state index < -0.39 is 11.8 Å². The van der Waals surface area contributed by atoms with Crippen molar-refractivity contribution in [2.75, 3.05) is 0 Å². The summed E-state index contributed by atoms with van der Waals surface area (Å²) in [5.41, 5.74) is 4.25. The number of hydrogen-bond donors (Lipinski definition) is 1. The second-order valence-electron chi connectivity index (χ2n) is 7.19. The smallest absolute Gasteiger partial charge is 0.335 e. The molecule has 1 aromatic carbocycles. The van der Waals surface area contributed by atoms with Crippen molar-refractivity contribution in [2.45, 2.75) is 47.0 Å². The molecule has 2 nitrogen and oxygen atoms in total. The zero-order valence-electron chi connectivity index (χ0n) is 14.8. The van der Waals surface area contributed by atoms with Crippen molar-refractivity contribution < 1.29 is 14.3 Å². The molecule has 0 saturated carbocycles. The van der Waals surface area contributed by atoms with E-state index >= 15 is 0 Å². The van der Waals surface area contributed by atoms with E-state index in [9.17, 15) is 9.18 Å². The number of allylic oxidation sites excluding steroid dienone is 5. The number of rotatable bonds is 4. The average molecular weight is 328 g/mol. The number of halogens is 1. The van der Waals surface area contributed by atoms with Gasteiger partial charge in [-0.25, -0.2) is 9.18 Å². The Hall–Kier alpha value is -2.16. The third-order valence-electron chi connectivity index (χ3n) is 4.69. The van der Waals surface area contributed by atoms with Crippen molar-refractivity contribution in [3.8, 4) is 0 Å². The molecule has 1 aromatic rings. The number of carboxylic acids is 1. The molecule has 1 aliphatic rings. The number of hydrogen-bond acceptors (Lipinski definition) is 1. The summed E-state index contributed by atoms with van der Waals surface area (Å²) in [5, 5.41) is 8.89. The lowest BCUT2D eigenvalue weighted by Crippen LogP contribution is -2.19. The Balaban J connectivity index is 2.24. The zero-order chi connectivity index (χ0) is 17.9. The van der Waals surface area contributed by atoms with Crippen LogP contribution in [0.25, 0.3) is 6.08 Å². The fraction of sp³-hybridized carbons (Fsp3) is 0.381. The molecule has 0 amide bonds. The predicted octanol–water partition coefficient (Wildman–Crippen LogP) is 6.01. The monoisotopic (exact) mass is 328 g/mol. The summed E-state index contributed by atoms with van der Waals surface area (Å²) in [6, 6.07) is 3.98. The van der Waals surface area contributed by atoms with Crippen LogP contribution in [0.3, 0.4) is 0 Å². The van der Waals surface area contributed by atoms with Gasteiger partial charge in [-0.1, -0.05) is 43.2 Å². The summed E-state index contributed by atoms with van der Waals surface area (Å²) in [5.74, 6) is -1.64. The fourth-order valence-corrected chi connectivity index (χ4v) is 3.30. The fourth-order valence-electron chi connectivity index (χ4n) is 3.30. The van der Waals surface area contributed by atoms with Crippen LogP contribution in [0.1, 0.15) is 62.9 Å². The molecule has 0 aliphatic heterocycles. The lowest BCUT2D eigenvalue weighted by atomic mass is 9.72. The molecule has 24 heavy (non-hydrogen) atoms. The van der Waals surface area contributed by atoms with Crippen LogP contribution in [0.2, 0.25) is 0 Å². The highest BCUT2D eigenvalue weighted by atomic mass is 19.1. The second kappa shape index (κ2) is 7.16. The molecule has 0 fully saturated rings. The summed E-state index contributed by atoms with van der Waals surface area (Å²) in [6.45, 7) is 8.63. The minimum atomic E-state index is -1.12. The van der Waals surface area contributed by atoms with E-state index in [2.05, 4.69) is 26.8 Å². The van der Waals surface area contributed by atoms with Crippen LogP contribution >= 0.6 is 0 Å². The molecule has 0 atom stereocenters. The molecule has 1 N–H and O–H groups in total. The van der Waals surface area contributed by atoms with Gasteiger partial charge in [-0.05, 0) is 62.3 Å². The van der Waals surface area contributed by atoms with Gasteiger partial charge in [-0.15, -0.1) is 0 Å². The molecule has 0 unspecified atom stereocenters. The lowest BCUT2D eigenvalue weighted by Gasteiger charge is -2.32. The van der Waals surface area contributed by atoms with Crippen molar-refractivity contribution in [2.24, 2.45) is 5.41 Å². The first-order valence-corrected chi connectivity index (χ1v) is 8.30. The van der Waals surface area contributed by atoms with E-state index in [1.54, 1.807) is 6.08 Å². The first-order chi connectivity index (χ1) is 11.2. The highest BCUT2D eigenvalue weighted by Gasteiger charge is 2.26. The molecular weight excluding hydrogens is 303 g/mol. The average Bonchev–Trinajstić information content (AvgIpc) is 2.48. The Bertz CT molecular complexity index is 736. The zero-order valence-corrected chi connectivity index (χ0v) is 14.8. The van der Waals surface area contributed by atoms with Gasteiger partial charge in [-0.2, -0.15) is 0 Å². The molecule has 2 rings (SSSR count). The van der Waals surface area contributed by atoms with Crippen molar-refractivity contribution in [1.29, 1.82) is 0 Å². The highest BCUT2D eigenvalue weighted by molar-refractivity contribution is 5.87.